The van der Waals surface area contributed by atoms with Crippen molar-refractivity contribution >= 4 is 11.4 Å². The van der Waals surface area contributed by atoms with Crippen molar-refractivity contribution in [3.8, 4) is 5.75 Å². The number of ether oxygens (including phenoxy) is 1. The summed E-state index contributed by atoms with van der Waals surface area (Å²) in [6, 6.07) is 7.02. The van der Waals surface area contributed by atoms with Gasteiger partial charge in [0.25, 0.3) is 0 Å². The van der Waals surface area contributed by atoms with Gasteiger partial charge in [0.15, 0.2) is 0 Å². The van der Waals surface area contributed by atoms with Crippen molar-refractivity contribution in [2.45, 2.75) is 19.9 Å². The molecule has 0 bridgehead atoms. The van der Waals surface area contributed by atoms with E-state index in [4.69, 9.17) is 4.74 Å². The van der Waals surface area contributed by atoms with Gasteiger partial charge in [0.05, 0.1) is 12.8 Å². The lowest BCUT2D eigenvalue weighted by molar-refractivity contribution is 0.209. The van der Waals surface area contributed by atoms with E-state index >= 15 is 0 Å². The van der Waals surface area contributed by atoms with Crippen LogP contribution in [-0.4, -0.2) is 51.3 Å². The molecule has 1 aromatic carbocycles. The van der Waals surface area contributed by atoms with Crippen LogP contribution >= 0.6 is 0 Å². The summed E-state index contributed by atoms with van der Waals surface area (Å²) < 4.78 is 5.43. The number of piperazine rings is 1. The summed E-state index contributed by atoms with van der Waals surface area (Å²) in [6.45, 7) is 8.96. The van der Waals surface area contributed by atoms with E-state index < -0.39 is 0 Å². The Morgan fingerprint density at radius 3 is 2.37 bits per heavy atom. The zero-order valence-electron chi connectivity index (χ0n) is 12.4. The lowest BCUT2D eigenvalue weighted by Crippen LogP contribution is -2.48. The van der Waals surface area contributed by atoms with E-state index in [2.05, 4.69) is 47.2 Å². The van der Waals surface area contributed by atoms with Crippen molar-refractivity contribution in [1.29, 1.82) is 0 Å². The molecule has 1 N–H and O–H groups in total. The van der Waals surface area contributed by atoms with Crippen LogP contribution < -0.4 is 15.0 Å². The second-order valence-corrected chi connectivity index (χ2v) is 5.25. The maximum atomic E-state index is 5.43. The van der Waals surface area contributed by atoms with Crippen LogP contribution in [0.15, 0.2) is 18.2 Å². The molecule has 1 heterocycles. The van der Waals surface area contributed by atoms with Gasteiger partial charge in [-0.05, 0) is 26.0 Å². The van der Waals surface area contributed by atoms with Crippen molar-refractivity contribution in [2.75, 3.05) is 50.6 Å². The normalized spacial score (nSPS) is 16.8. The number of methoxy groups -OCH3 is 1. The molecule has 0 unspecified atom stereocenters. The molecule has 1 aliphatic heterocycles. The third kappa shape index (κ3) is 3.13. The second kappa shape index (κ2) is 6.15. The van der Waals surface area contributed by atoms with Gasteiger partial charge in [0.1, 0.15) is 5.75 Å². The van der Waals surface area contributed by atoms with Gasteiger partial charge in [-0.2, -0.15) is 0 Å². The molecule has 4 nitrogen and oxygen atoms in total. The summed E-state index contributed by atoms with van der Waals surface area (Å²) in [7, 11) is 3.63. The Morgan fingerprint density at radius 2 is 1.84 bits per heavy atom. The van der Waals surface area contributed by atoms with Gasteiger partial charge in [-0.15, -0.1) is 0 Å². The monoisotopic (exact) mass is 263 g/mol. The minimum absolute atomic E-state index is 0.642. The van der Waals surface area contributed by atoms with E-state index in [0.717, 1.165) is 37.6 Å². The summed E-state index contributed by atoms with van der Waals surface area (Å²) in [5.74, 6) is 0.909. The molecule has 0 saturated carbocycles. The van der Waals surface area contributed by atoms with Crippen LogP contribution in [0.1, 0.15) is 13.8 Å². The lowest BCUT2D eigenvalue weighted by atomic mass is 10.2. The molecule has 1 aromatic rings. The smallest absolute Gasteiger partial charge is 0.144 e. The van der Waals surface area contributed by atoms with E-state index in [0.29, 0.717) is 6.04 Å². The molecule has 0 aromatic heterocycles. The van der Waals surface area contributed by atoms with Crippen LogP contribution in [0.3, 0.4) is 0 Å². The van der Waals surface area contributed by atoms with Crippen molar-refractivity contribution < 1.29 is 4.74 Å². The molecule has 2 rings (SSSR count). The summed E-state index contributed by atoms with van der Waals surface area (Å²) in [5, 5.41) is 3.15. The van der Waals surface area contributed by atoms with Gasteiger partial charge < -0.3 is 15.0 Å². The van der Waals surface area contributed by atoms with Crippen LogP contribution in [0, 0.1) is 0 Å². The molecule has 19 heavy (non-hydrogen) atoms. The average Bonchev–Trinajstić information content (AvgIpc) is 2.46. The molecule has 1 saturated heterocycles. The maximum absolute atomic E-state index is 5.43. The number of rotatable bonds is 4. The molecular weight excluding hydrogens is 238 g/mol. The molecule has 1 aliphatic rings. The predicted molar refractivity (Wildman–Crippen MR) is 81.5 cm³/mol. The van der Waals surface area contributed by atoms with E-state index in [9.17, 15) is 0 Å². The number of nitrogens with zero attached hydrogens (tertiary/aromatic N) is 2. The number of nitrogens with one attached hydrogen (secondary N) is 1. The fourth-order valence-corrected chi connectivity index (χ4v) is 2.58. The molecule has 1 fully saturated rings. The topological polar surface area (TPSA) is 27.7 Å². The molecule has 0 spiro atoms. The first kappa shape index (κ1) is 14.0. The average molecular weight is 263 g/mol. The first-order chi connectivity index (χ1) is 9.15. The summed E-state index contributed by atoms with van der Waals surface area (Å²) in [5.41, 5.74) is 2.28. The number of benzene rings is 1. The zero-order valence-corrected chi connectivity index (χ0v) is 12.4. The summed E-state index contributed by atoms with van der Waals surface area (Å²) in [4.78, 5) is 4.95. The van der Waals surface area contributed by atoms with Gasteiger partial charge in [0, 0.05) is 51.0 Å². The van der Waals surface area contributed by atoms with Crippen molar-refractivity contribution in [2.24, 2.45) is 0 Å². The lowest BCUT2D eigenvalue weighted by Gasteiger charge is -2.38. The molecule has 106 valence electrons. The van der Waals surface area contributed by atoms with Gasteiger partial charge in [-0.1, -0.05) is 0 Å². The largest absolute Gasteiger partial charge is 0.495 e. The highest BCUT2D eigenvalue weighted by molar-refractivity contribution is 5.64. The molecule has 0 aliphatic carbocycles. The Labute approximate surface area is 116 Å². The Balaban J connectivity index is 2.07. The Bertz CT molecular complexity index is 412. The van der Waals surface area contributed by atoms with Crippen LogP contribution in [0.2, 0.25) is 0 Å². The van der Waals surface area contributed by atoms with Crippen molar-refractivity contribution in [1.82, 2.24) is 4.90 Å². The van der Waals surface area contributed by atoms with Gasteiger partial charge in [-0.3, -0.25) is 4.90 Å². The van der Waals surface area contributed by atoms with E-state index in [-0.39, 0.29) is 0 Å². The highest BCUT2D eigenvalue weighted by atomic mass is 16.5. The van der Waals surface area contributed by atoms with Crippen LogP contribution in [0.5, 0.6) is 5.75 Å². The van der Waals surface area contributed by atoms with E-state index in [1.165, 1.54) is 5.69 Å². The highest BCUT2D eigenvalue weighted by Gasteiger charge is 2.19. The molecule has 4 heteroatoms. The van der Waals surface area contributed by atoms with Gasteiger partial charge in [-0.25, -0.2) is 0 Å². The Morgan fingerprint density at radius 1 is 1.16 bits per heavy atom. The third-order valence-corrected chi connectivity index (χ3v) is 3.86. The Hall–Kier alpha value is -1.42. The predicted octanol–water partition coefficient (Wildman–Crippen LogP) is 2.27. The molecule has 0 radical (unpaired) electrons. The van der Waals surface area contributed by atoms with Crippen LogP contribution in [-0.2, 0) is 0 Å². The summed E-state index contributed by atoms with van der Waals surface area (Å²) >= 11 is 0. The highest BCUT2D eigenvalue weighted by Crippen LogP contribution is 2.30. The molecule has 0 atom stereocenters. The SMILES string of the molecule is CNc1ccc(N2CCN(C(C)C)CC2)cc1OC. The van der Waals surface area contributed by atoms with Gasteiger partial charge in [0.2, 0.25) is 0 Å². The Kier molecular flexibility index (Phi) is 4.53. The second-order valence-electron chi connectivity index (χ2n) is 5.25. The minimum Gasteiger partial charge on any atom is -0.495 e. The fraction of sp³-hybridized carbons (Fsp3) is 0.600. The third-order valence-electron chi connectivity index (χ3n) is 3.86. The zero-order chi connectivity index (χ0) is 13.8. The van der Waals surface area contributed by atoms with Crippen LogP contribution in [0.4, 0.5) is 11.4 Å². The van der Waals surface area contributed by atoms with E-state index in [1.807, 2.05) is 7.05 Å². The maximum Gasteiger partial charge on any atom is 0.144 e. The number of anilines is 2. The van der Waals surface area contributed by atoms with E-state index in [1.54, 1.807) is 7.11 Å². The van der Waals surface area contributed by atoms with Crippen molar-refractivity contribution in [3.63, 3.8) is 0 Å². The first-order valence-corrected chi connectivity index (χ1v) is 7.00. The number of hydrogen-bond acceptors (Lipinski definition) is 4. The van der Waals surface area contributed by atoms with Crippen molar-refractivity contribution in [3.05, 3.63) is 18.2 Å². The minimum atomic E-state index is 0.642. The number of hydrogen-bond donors (Lipinski definition) is 1. The molecular formula is C15H25N3O. The molecule has 0 amide bonds. The first-order valence-electron chi connectivity index (χ1n) is 7.00. The quantitative estimate of drug-likeness (QED) is 0.902. The standard InChI is InChI=1S/C15H25N3O/c1-12(2)17-7-9-18(10-8-17)13-5-6-14(16-3)15(11-13)19-4/h5-6,11-12,16H,7-10H2,1-4H3. The van der Waals surface area contributed by atoms with Gasteiger partial charge >= 0.3 is 0 Å². The van der Waals surface area contributed by atoms with Crippen LogP contribution in [0.25, 0.3) is 0 Å². The fourth-order valence-electron chi connectivity index (χ4n) is 2.58. The summed E-state index contributed by atoms with van der Waals surface area (Å²) in [6.07, 6.45) is 0.